The van der Waals surface area contributed by atoms with Crippen LogP contribution in [0.1, 0.15) is 33.1 Å². The van der Waals surface area contributed by atoms with Crippen molar-refractivity contribution in [2.45, 2.75) is 45.2 Å². The van der Waals surface area contributed by atoms with Crippen molar-refractivity contribution in [3.63, 3.8) is 0 Å². The van der Waals surface area contributed by atoms with Gasteiger partial charge in [0.2, 0.25) is 5.91 Å². The fraction of sp³-hybridized carbons (Fsp3) is 0.611. The first-order valence-corrected chi connectivity index (χ1v) is 8.36. The highest BCUT2D eigenvalue weighted by molar-refractivity contribution is 5.82. The maximum absolute atomic E-state index is 12.4. The standard InChI is InChI=1S/C18H29N3O/c1-4-14(2)17(19)18(22)21-12-10-16(11-13-21)20(3)15-8-6-5-7-9-15/h5-9,14,16-17H,4,10-13,19H2,1-3H3. The van der Waals surface area contributed by atoms with Crippen molar-refractivity contribution in [3.05, 3.63) is 30.3 Å². The van der Waals surface area contributed by atoms with E-state index in [0.717, 1.165) is 32.4 Å². The molecule has 122 valence electrons. The number of benzene rings is 1. The van der Waals surface area contributed by atoms with Gasteiger partial charge >= 0.3 is 0 Å². The Morgan fingerprint density at radius 2 is 1.91 bits per heavy atom. The van der Waals surface area contributed by atoms with Gasteiger partial charge in [-0.2, -0.15) is 0 Å². The lowest BCUT2D eigenvalue weighted by Crippen LogP contribution is -2.52. The summed E-state index contributed by atoms with van der Waals surface area (Å²) in [7, 11) is 2.14. The van der Waals surface area contributed by atoms with Gasteiger partial charge in [0.25, 0.3) is 0 Å². The van der Waals surface area contributed by atoms with Crippen LogP contribution >= 0.6 is 0 Å². The topological polar surface area (TPSA) is 49.6 Å². The highest BCUT2D eigenvalue weighted by Crippen LogP contribution is 2.22. The normalized spacial score (nSPS) is 18.8. The molecule has 2 N–H and O–H groups in total. The molecule has 0 bridgehead atoms. The van der Waals surface area contributed by atoms with E-state index in [0.29, 0.717) is 6.04 Å². The second-order valence-electron chi connectivity index (χ2n) is 6.41. The van der Waals surface area contributed by atoms with Gasteiger partial charge in [-0.3, -0.25) is 4.79 Å². The average Bonchev–Trinajstić information content (AvgIpc) is 2.60. The Balaban J connectivity index is 1.89. The maximum Gasteiger partial charge on any atom is 0.239 e. The van der Waals surface area contributed by atoms with E-state index in [1.807, 2.05) is 11.0 Å². The average molecular weight is 303 g/mol. The predicted molar refractivity (Wildman–Crippen MR) is 91.9 cm³/mol. The third-order valence-corrected chi connectivity index (χ3v) is 5.03. The fourth-order valence-electron chi connectivity index (χ4n) is 3.06. The molecule has 1 amide bonds. The number of likely N-dealkylation sites (tertiary alicyclic amines) is 1. The monoisotopic (exact) mass is 303 g/mol. The van der Waals surface area contributed by atoms with Crippen LogP contribution in [0, 0.1) is 5.92 Å². The largest absolute Gasteiger partial charge is 0.371 e. The van der Waals surface area contributed by atoms with E-state index in [1.165, 1.54) is 5.69 Å². The van der Waals surface area contributed by atoms with Gasteiger partial charge in [0, 0.05) is 31.9 Å². The molecule has 1 aliphatic rings. The Bertz CT molecular complexity index is 468. The first-order chi connectivity index (χ1) is 10.5. The van der Waals surface area contributed by atoms with E-state index in [-0.39, 0.29) is 17.9 Å². The third-order valence-electron chi connectivity index (χ3n) is 5.03. The number of piperidine rings is 1. The summed E-state index contributed by atoms with van der Waals surface area (Å²) in [6.45, 7) is 5.76. The van der Waals surface area contributed by atoms with Crippen LogP contribution in [0.15, 0.2) is 30.3 Å². The Morgan fingerprint density at radius 1 is 1.32 bits per heavy atom. The van der Waals surface area contributed by atoms with Crippen molar-refractivity contribution in [3.8, 4) is 0 Å². The fourth-order valence-corrected chi connectivity index (χ4v) is 3.06. The zero-order valence-corrected chi connectivity index (χ0v) is 14.0. The van der Waals surface area contributed by atoms with Gasteiger partial charge in [0.1, 0.15) is 0 Å². The molecule has 2 rings (SSSR count). The molecule has 1 fully saturated rings. The van der Waals surface area contributed by atoms with Gasteiger partial charge in [-0.15, -0.1) is 0 Å². The number of carbonyl (C=O) groups is 1. The van der Waals surface area contributed by atoms with Gasteiger partial charge in [-0.05, 0) is 30.9 Å². The number of rotatable bonds is 5. The van der Waals surface area contributed by atoms with Crippen LogP contribution in [0.4, 0.5) is 5.69 Å². The van der Waals surface area contributed by atoms with Crippen molar-refractivity contribution < 1.29 is 4.79 Å². The first kappa shape index (κ1) is 16.8. The van der Waals surface area contributed by atoms with Crippen molar-refractivity contribution in [1.29, 1.82) is 0 Å². The van der Waals surface area contributed by atoms with Crippen LogP contribution in [-0.2, 0) is 4.79 Å². The number of hydrogen-bond acceptors (Lipinski definition) is 3. The van der Waals surface area contributed by atoms with Crippen LogP contribution in [-0.4, -0.2) is 43.0 Å². The zero-order chi connectivity index (χ0) is 16.1. The Hall–Kier alpha value is -1.55. The predicted octanol–water partition coefficient (Wildman–Crippen LogP) is 2.49. The van der Waals surface area contributed by atoms with Crippen molar-refractivity contribution in [1.82, 2.24) is 4.90 Å². The minimum Gasteiger partial charge on any atom is -0.371 e. The Morgan fingerprint density at radius 3 is 2.45 bits per heavy atom. The molecule has 0 aliphatic carbocycles. The molecule has 0 spiro atoms. The minimum atomic E-state index is -0.353. The summed E-state index contributed by atoms with van der Waals surface area (Å²) in [5.41, 5.74) is 7.33. The van der Waals surface area contributed by atoms with E-state index >= 15 is 0 Å². The number of nitrogens with zero attached hydrogens (tertiary/aromatic N) is 2. The molecule has 1 aromatic carbocycles. The molecule has 0 radical (unpaired) electrons. The Labute approximate surface area is 134 Å². The third kappa shape index (κ3) is 3.80. The molecule has 1 saturated heterocycles. The van der Waals surface area contributed by atoms with Gasteiger partial charge in [-0.25, -0.2) is 0 Å². The maximum atomic E-state index is 12.4. The molecule has 2 atom stereocenters. The van der Waals surface area contributed by atoms with Gasteiger partial charge in [-0.1, -0.05) is 38.5 Å². The molecule has 4 heteroatoms. The number of para-hydroxylation sites is 1. The molecule has 4 nitrogen and oxygen atoms in total. The molecule has 0 aromatic heterocycles. The molecular weight excluding hydrogens is 274 g/mol. The molecular formula is C18H29N3O. The van der Waals surface area contributed by atoms with Crippen molar-refractivity contribution in [2.75, 3.05) is 25.0 Å². The van der Waals surface area contributed by atoms with E-state index < -0.39 is 0 Å². The zero-order valence-electron chi connectivity index (χ0n) is 14.0. The summed E-state index contributed by atoms with van der Waals surface area (Å²) in [6.07, 6.45) is 2.95. The van der Waals surface area contributed by atoms with Gasteiger partial charge in [0.05, 0.1) is 6.04 Å². The summed E-state index contributed by atoms with van der Waals surface area (Å²) in [6, 6.07) is 10.6. The van der Waals surface area contributed by atoms with E-state index in [9.17, 15) is 4.79 Å². The second kappa shape index (κ2) is 7.63. The summed E-state index contributed by atoms with van der Waals surface area (Å²) in [5.74, 6) is 0.368. The van der Waals surface area contributed by atoms with Crippen LogP contribution in [0.2, 0.25) is 0 Å². The summed E-state index contributed by atoms with van der Waals surface area (Å²) in [4.78, 5) is 16.7. The van der Waals surface area contributed by atoms with Crippen LogP contribution < -0.4 is 10.6 Å². The SMILES string of the molecule is CCC(C)C(N)C(=O)N1CCC(N(C)c2ccccc2)CC1. The molecule has 1 aromatic rings. The number of anilines is 1. The van der Waals surface area contributed by atoms with Crippen LogP contribution in [0.25, 0.3) is 0 Å². The summed E-state index contributed by atoms with van der Waals surface area (Å²) < 4.78 is 0. The van der Waals surface area contributed by atoms with Crippen molar-refractivity contribution >= 4 is 11.6 Å². The molecule has 2 unspecified atom stereocenters. The lowest BCUT2D eigenvalue weighted by Gasteiger charge is -2.39. The van der Waals surface area contributed by atoms with E-state index in [2.05, 4.69) is 50.1 Å². The second-order valence-corrected chi connectivity index (χ2v) is 6.41. The number of nitrogens with two attached hydrogens (primary N) is 1. The van der Waals surface area contributed by atoms with E-state index in [1.54, 1.807) is 0 Å². The highest BCUT2D eigenvalue weighted by atomic mass is 16.2. The van der Waals surface area contributed by atoms with Crippen molar-refractivity contribution in [2.24, 2.45) is 11.7 Å². The number of hydrogen-bond donors (Lipinski definition) is 1. The minimum absolute atomic E-state index is 0.121. The van der Waals surface area contributed by atoms with Gasteiger partial charge < -0.3 is 15.5 Å². The van der Waals surface area contributed by atoms with E-state index in [4.69, 9.17) is 5.73 Å². The quantitative estimate of drug-likeness (QED) is 0.909. The smallest absolute Gasteiger partial charge is 0.239 e. The van der Waals surface area contributed by atoms with Gasteiger partial charge in [0.15, 0.2) is 0 Å². The molecule has 1 heterocycles. The molecule has 0 saturated carbocycles. The number of amides is 1. The number of carbonyl (C=O) groups excluding carboxylic acids is 1. The molecule has 1 aliphatic heterocycles. The van der Waals surface area contributed by atoms with Crippen LogP contribution in [0.5, 0.6) is 0 Å². The molecule has 22 heavy (non-hydrogen) atoms. The summed E-state index contributed by atoms with van der Waals surface area (Å²) in [5, 5.41) is 0. The first-order valence-electron chi connectivity index (χ1n) is 8.36. The van der Waals surface area contributed by atoms with Crippen LogP contribution in [0.3, 0.4) is 0 Å². The lowest BCUT2D eigenvalue weighted by atomic mass is 9.96. The lowest BCUT2D eigenvalue weighted by molar-refractivity contribution is -0.134. The Kier molecular flexibility index (Phi) is 5.83. The highest BCUT2D eigenvalue weighted by Gasteiger charge is 2.29. The summed E-state index contributed by atoms with van der Waals surface area (Å²) >= 11 is 0.